The van der Waals surface area contributed by atoms with Crippen LogP contribution >= 0.6 is 0 Å². The molecule has 0 aliphatic heterocycles. The van der Waals surface area contributed by atoms with E-state index in [4.69, 9.17) is 4.74 Å². The van der Waals surface area contributed by atoms with E-state index in [0.29, 0.717) is 0 Å². The molecule has 0 aliphatic carbocycles. The van der Waals surface area contributed by atoms with Crippen LogP contribution in [0.2, 0.25) is 13.3 Å². The fraction of sp³-hybridized carbons (Fsp3) is 0.778. The monoisotopic (exact) mass is 388 g/mol. The first-order chi connectivity index (χ1) is 9.56. The molecule has 0 aromatic heterocycles. The maximum atomic E-state index is 5.91. The average molecular weight is 387 g/mol. The molecule has 0 spiro atoms. The standard InChI is InChI=1S/C6H9O.3C4H9.Sn/c1-6(2)4-5-7-3;3*1-3-4-2;/h4H,1H2,2-3H3;3*1,3-4H2,2H3;. The molecule has 0 radical (unpaired) electrons. The van der Waals surface area contributed by atoms with Crippen LogP contribution in [0.15, 0.2) is 22.0 Å². The summed E-state index contributed by atoms with van der Waals surface area (Å²) in [4.78, 5) is 0. The van der Waals surface area contributed by atoms with Crippen molar-refractivity contribution in [1.82, 2.24) is 0 Å². The van der Waals surface area contributed by atoms with Crippen molar-refractivity contribution in [2.24, 2.45) is 0 Å². The van der Waals surface area contributed by atoms with E-state index in [0.717, 1.165) is 5.57 Å². The summed E-state index contributed by atoms with van der Waals surface area (Å²) in [5.74, 6) is 0. The zero-order valence-electron chi connectivity index (χ0n) is 14.6. The third kappa shape index (κ3) is 7.19. The molecule has 0 aliphatic rings. The van der Waals surface area contributed by atoms with Crippen LogP contribution in [-0.2, 0) is 4.74 Å². The van der Waals surface area contributed by atoms with Gasteiger partial charge >= 0.3 is 132 Å². The van der Waals surface area contributed by atoms with Crippen molar-refractivity contribution in [1.29, 1.82) is 0 Å². The Morgan fingerprint density at radius 2 is 1.35 bits per heavy atom. The number of rotatable bonds is 12. The van der Waals surface area contributed by atoms with Crippen LogP contribution in [0, 0.1) is 0 Å². The van der Waals surface area contributed by atoms with Crippen LogP contribution < -0.4 is 0 Å². The van der Waals surface area contributed by atoms with Gasteiger partial charge in [-0.3, -0.25) is 0 Å². The molecule has 0 heterocycles. The van der Waals surface area contributed by atoms with Gasteiger partial charge in [-0.15, -0.1) is 0 Å². The fourth-order valence-corrected chi connectivity index (χ4v) is 18.8. The Hall–Kier alpha value is 0.0787. The molecule has 0 rings (SSSR count). The summed E-state index contributed by atoms with van der Waals surface area (Å²) in [6.45, 7) is 13.1. The van der Waals surface area contributed by atoms with Crippen molar-refractivity contribution in [2.75, 3.05) is 7.11 Å². The Morgan fingerprint density at radius 3 is 1.60 bits per heavy atom. The predicted octanol–water partition coefficient (Wildman–Crippen LogP) is 6.48. The van der Waals surface area contributed by atoms with Gasteiger partial charge in [0.1, 0.15) is 0 Å². The summed E-state index contributed by atoms with van der Waals surface area (Å²) in [7, 11) is 1.88. The van der Waals surface area contributed by atoms with Gasteiger partial charge < -0.3 is 0 Å². The number of ether oxygens (including phenoxy) is 1. The zero-order valence-corrected chi connectivity index (χ0v) is 17.4. The summed E-state index contributed by atoms with van der Waals surface area (Å²) in [6, 6.07) is 0. The Morgan fingerprint density at radius 1 is 0.950 bits per heavy atom. The minimum absolute atomic E-state index is 1.15. The second kappa shape index (κ2) is 11.7. The summed E-state index contributed by atoms with van der Waals surface area (Å²) < 4.78 is 11.7. The average Bonchev–Trinajstić information content (AvgIpc) is 2.44. The van der Waals surface area contributed by atoms with Gasteiger partial charge in [0.2, 0.25) is 0 Å². The molecule has 1 nitrogen and oxygen atoms in total. The van der Waals surface area contributed by atoms with Crippen molar-refractivity contribution >= 4 is 18.4 Å². The second-order valence-electron chi connectivity index (χ2n) is 6.15. The molecule has 0 fully saturated rings. The Kier molecular flexibility index (Phi) is 11.8. The Labute approximate surface area is 131 Å². The normalized spacial score (nSPS) is 12.6. The molecule has 0 amide bonds. The molecular weight excluding hydrogens is 351 g/mol. The van der Waals surface area contributed by atoms with Crippen LogP contribution in [0.5, 0.6) is 0 Å². The summed E-state index contributed by atoms with van der Waals surface area (Å²) >= 11 is -2.35. The van der Waals surface area contributed by atoms with Crippen LogP contribution in [0.25, 0.3) is 0 Å². The van der Waals surface area contributed by atoms with Gasteiger partial charge in [0.15, 0.2) is 0 Å². The predicted molar refractivity (Wildman–Crippen MR) is 94.8 cm³/mol. The topological polar surface area (TPSA) is 9.23 Å². The molecule has 0 saturated heterocycles. The second-order valence-corrected chi connectivity index (χ2v) is 19.1. The van der Waals surface area contributed by atoms with E-state index in [9.17, 15) is 0 Å². The minimum atomic E-state index is -2.35. The maximum absolute atomic E-state index is 5.91. The first-order valence-corrected chi connectivity index (χ1v) is 16.0. The first kappa shape index (κ1) is 20.1. The molecule has 20 heavy (non-hydrogen) atoms. The summed E-state index contributed by atoms with van der Waals surface area (Å²) in [6.07, 6.45) is 10.3. The van der Waals surface area contributed by atoms with Gasteiger partial charge in [-0.25, -0.2) is 0 Å². The van der Waals surface area contributed by atoms with Gasteiger partial charge in [0.25, 0.3) is 0 Å². The third-order valence-corrected chi connectivity index (χ3v) is 19.3. The summed E-state index contributed by atoms with van der Waals surface area (Å²) in [5.41, 5.74) is 1.15. The van der Waals surface area contributed by atoms with Gasteiger partial charge in [-0.05, 0) is 0 Å². The number of hydrogen-bond acceptors (Lipinski definition) is 1. The van der Waals surface area contributed by atoms with Gasteiger partial charge in [0, 0.05) is 0 Å². The number of hydrogen-bond donors (Lipinski definition) is 0. The molecule has 118 valence electrons. The Bertz CT molecular complexity index is 272. The molecule has 0 bridgehead atoms. The third-order valence-electron chi connectivity index (χ3n) is 4.15. The van der Waals surface area contributed by atoms with E-state index in [1.807, 2.05) is 7.11 Å². The van der Waals surface area contributed by atoms with Crippen LogP contribution in [-0.4, -0.2) is 25.5 Å². The van der Waals surface area contributed by atoms with Crippen molar-refractivity contribution in [2.45, 2.75) is 79.5 Å². The first-order valence-electron chi connectivity index (χ1n) is 8.48. The summed E-state index contributed by atoms with van der Waals surface area (Å²) in [5, 5.41) is 0. The van der Waals surface area contributed by atoms with E-state index in [1.165, 1.54) is 55.6 Å². The number of unbranched alkanes of at least 4 members (excludes halogenated alkanes) is 3. The van der Waals surface area contributed by atoms with Crippen LogP contribution in [0.4, 0.5) is 0 Å². The number of allylic oxidation sites excluding steroid dienone is 2. The fourth-order valence-electron chi connectivity index (χ4n) is 2.94. The molecule has 0 atom stereocenters. The molecule has 0 aromatic carbocycles. The molecular formula is C18H36OSn. The van der Waals surface area contributed by atoms with Crippen LogP contribution in [0.3, 0.4) is 0 Å². The van der Waals surface area contributed by atoms with Gasteiger partial charge in [-0.1, -0.05) is 0 Å². The van der Waals surface area contributed by atoms with E-state index < -0.39 is 18.4 Å². The van der Waals surface area contributed by atoms with Crippen molar-refractivity contribution in [3.63, 3.8) is 0 Å². The van der Waals surface area contributed by atoms with Crippen molar-refractivity contribution in [3.05, 3.63) is 22.0 Å². The SMILES string of the molecule is C=C(C)/C=[C](/OC)[Sn]([CH2]CCC)([CH2]CCC)[CH2]CCC. The quantitative estimate of drug-likeness (QED) is 0.212. The van der Waals surface area contributed by atoms with E-state index in [1.54, 1.807) is 0 Å². The van der Waals surface area contributed by atoms with E-state index >= 15 is 0 Å². The number of methoxy groups -OCH3 is 1. The zero-order chi connectivity index (χ0) is 15.4. The van der Waals surface area contributed by atoms with Crippen molar-refractivity contribution in [3.8, 4) is 0 Å². The molecule has 0 N–H and O–H groups in total. The Balaban J connectivity index is 5.33. The molecule has 0 aromatic rings. The van der Waals surface area contributed by atoms with Crippen molar-refractivity contribution < 1.29 is 4.74 Å². The van der Waals surface area contributed by atoms with E-state index in [-0.39, 0.29) is 0 Å². The van der Waals surface area contributed by atoms with Gasteiger partial charge in [0.05, 0.1) is 0 Å². The molecule has 0 saturated carbocycles. The molecule has 0 unspecified atom stereocenters. The van der Waals surface area contributed by atoms with Gasteiger partial charge in [-0.2, -0.15) is 0 Å². The van der Waals surface area contributed by atoms with E-state index in [2.05, 4.69) is 40.3 Å². The molecule has 2 heteroatoms. The van der Waals surface area contributed by atoms with Crippen LogP contribution in [0.1, 0.15) is 66.2 Å².